The summed E-state index contributed by atoms with van der Waals surface area (Å²) in [5.74, 6) is -1.60. The second-order valence-electron chi connectivity index (χ2n) is 7.59. The van der Waals surface area contributed by atoms with Gasteiger partial charge in [-0.25, -0.2) is 4.79 Å². The van der Waals surface area contributed by atoms with Gasteiger partial charge in [0.15, 0.2) is 0 Å². The molecule has 0 aliphatic carbocycles. The topological polar surface area (TPSA) is 55.4 Å². The minimum absolute atomic E-state index is 0.245. The molecule has 4 nitrogen and oxygen atoms in total. The SMILES string of the molecule is CCCCCCCCCCCCOC(=O)C(C)NC(=O)c1ccccc1C(F)(F)F. The van der Waals surface area contributed by atoms with E-state index in [1.807, 2.05) is 0 Å². The monoisotopic (exact) mass is 429 g/mol. The lowest BCUT2D eigenvalue weighted by Gasteiger charge is -2.16. The van der Waals surface area contributed by atoms with E-state index in [1.165, 1.54) is 64.0 Å². The number of nitrogens with one attached hydrogen (secondary N) is 1. The Hall–Kier alpha value is -2.05. The van der Waals surface area contributed by atoms with Crippen molar-refractivity contribution in [2.24, 2.45) is 0 Å². The van der Waals surface area contributed by atoms with Gasteiger partial charge in [-0.15, -0.1) is 0 Å². The zero-order valence-electron chi connectivity index (χ0n) is 18.0. The van der Waals surface area contributed by atoms with Crippen molar-refractivity contribution in [1.29, 1.82) is 0 Å². The maximum atomic E-state index is 13.0. The molecule has 1 aromatic rings. The lowest BCUT2D eigenvalue weighted by Crippen LogP contribution is -2.40. The van der Waals surface area contributed by atoms with Crippen LogP contribution in [0, 0.1) is 0 Å². The molecule has 0 saturated heterocycles. The number of hydrogen-bond acceptors (Lipinski definition) is 3. The molecule has 0 aromatic heterocycles. The molecule has 0 fully saturated rings. The van der Waals surface area contributed by atoms with Crippen molar-refractivity contribution >= 4 is 11.9 Å². The van der Waals surface area contributed by atoms with Crippen molar-refractivity contribution in [2.45, 2.75) is 90.3 Å². The van der Waals surface area contributed by atoms with Gasteiger partial charge in [-0.05, 0) is 25.5 Å². The van der Waals surface area contributed by atoms with E-state index in [0.29, 0.717) is 0 Å². The third-order valence-corrected chi connectivity index (χ3v) is 4.92. The third kappa shape index (κ3) is 10.1. The molecule has 0 heterocycles. The van der Waals surface area contributed by atoms with Gasteiger partial charge in [0.1, 0.15) is 6.04 Å². The van der Waals surface area contributed by atoms with Crippen LogP contribution in [-0.4, -0.2) is 24.5 Å². The molecule has 1 rings (SSSR count). The summed E-state index contributed by atoms with van der Waals surface area (Å²) in [6, 6.07) is 3.45. The number of rotatable bonds is 14. The van der Waals surface area contributed by atoms with E-state index in [1.54, 1.807) is 0 Å². The minimum atomic E-state index is -4.65. The Balaban J connectivity index is 2.24. The van der Waals surface area contributed by atoms with Crippen LogP contribution < -0.4 is 5.32 Å². The summed E-state index contributed by atoms with van der Waals surface area (Å²) in [4.78, 5) is 24.2. The van der Waals surface area contributed by atoms with Crippen LogP contribution in [0.1, 0.15) is 94.0 Å². The highest BCUT2D eigenvalue weighted by atomic mass is 19.4. The highest BCUT2D eigenvalue weighted by Gasteiger charge is 2.35. The van der Waals surface area contributed by atoms with Crippen molar-refractivity contribution in [3.8, 4) is 0 Å². The van der Waals surface area contributed by atoms with Crippen molar-refractivity contribution < 1.29 is 27.5 Å². The molecular formula is C23H34F3NO3. The van der Waals surface area contributed by atoms with Crippen molar-refractivity contribution in [1.82, 2.24) is 5.32 Å². The fourth-order valence-electron chi connectivity index (χ4n) is 3.15. The van der Waals surface area contributed by atoms with Crippen molar-refractivity contribution in [3.05, 3.63) is 35.4 Å². The molecule has 1 unspecified atom stereocenters. The van der Waals surface area contributed by atoms with Gasteiger partial charge < -0.3 is 10.1 Å². The highest BCUT2D eigenvalue weighted by Crippen LogP contribution is 2.31. The number of halogens is 3. The van der Waals surface area contributed by atoms with Gasteiger partial charge in [0.25, 0.3) is 5.91 Å². The molecule has 1 atom stereocenters. The molecule has 1 amide bonds. The molecule has 0 aliphatic rings. The smallest absolute Gasteiger partial charge is 0.417 e. The Bertz CT molecular complexity index is 647. The first-order valence-corrected chi connectivity index (χ1v) is 10.9. The summed E-state index contributed by atoms with van der Waals surface area (Å²) in [5.41, 5.74) is -1.55. The second-order valence-corrected chi connectivity index (χ2v) is 7.59. The maximum Gasteiger partial charge on any atom is 0.417 e. The van der Waals surface area contributed by atoms with Crippen LogP contribution in [0.5, 0.6) is 0 Å². The largest absolute Gasteiger partial charge is 0.464 e. The summed E-state index contributed by atoms with van der Waals surface area (Å²) in [6.07, 6.45) is 6.97. The average Bonchev–Trinajstić information content (AvgIpc) is 2.71. The molecule has 0 radical (unpaired) electrons. The number of alkyl halides is 3. The predicted molar refractivity (Wildman–Crippen MR) is 111 cm³/mol. The normalized spacial score (nSPS) is 12.4. The first kappa shape index (κ1) is 26.0. The fourth-order valence-corrected chi connectivity index (χ4v) is 3.15. The molecule has 30 heavy (non-hydrogen) atoms. The maximum absolute atomic E-state index is 13.0. The quantitative estimate of drug-likeness (QED) is 0.279. The summed E-state index contributed by atoms with van der Waals surface area (Å²) in [6.45, 7) is 3.85. The lowest BCUT2D eigenvalue weighted by molar-refractivity contribution is -0.145. The molecule has 170 valence electrons. The average molecular weight is 430 g/mol. The van der Waals surface area contributed by atoms with Crippen LogP contribution in [0.25, 0.3) is 0 Å². The molecule has 0 bridgehead atoms. The van der Waals surface area contributed by atoms with E-state index < -0.39 is 35.2 Å². The van der Waals surface area contributed by atoms with Gasteiger partial charge in [-0.3, -0.25) is 4.79 Å². The van der Waals surface area contributed by atoms with Crippen LogP contribution in [0.2, 0.25) is 0 Å². The summed E-state index contributed by atoms with van der Waals surface area (Å²) >= 11 is 0. The van der Waals surface area contributed by atoms with Gasteiger partial charge in [0, 0.05) is 0 Å². The third-order valence-electron chi connectivity index (χ3n) is 4.92. The number of hydrogen-bond donors (Lipinski definition) is 1. The standard InChI is InChI=1S/C23H34F3NO3/c1-3-4-5-6-7-8-9-10-11-14-17-30-22(29)18(2)27-21(28)19-15-12-13-16-20(19)23(24,25)26/h12-13,15-16,18H,3-11,14,17H2,1-2H3,(H,27,28). The van der Waals surface area contributed by atoms with Gasteiger partial charge in [0.05, 0.1) is 17.7 Å². The first-order chi connectivity index (χ1) is 14.3. The summed E-state index contributed by atoms with van der Waals surface area (Å²) in [7, 11) is 0. The van der Waals surface area contributed by atoms with Gasteiger partial charge in [-0.2, -0.15) is 13.2 Å². The Morgan fingerprint density at radius 2 is 1.47 bits per heavy atom. The van der Waals surface area contributed by atoms with Gasteiger partial charge in [0.2, 0.25) is 0 Å². The second kappa shape index (κ2) is 14.0. The highest BCUT2D eigenvalue weighted by molar-refractivity contribution is 5.98. The number of amides is 1. The van der Waals surface area contributed by atoms with Gasteiger partial charge >= 0.3 is 12.1 Å². The number of esters is 1. The Kier molecular flexibility index (Phi) is 12.2. The fraction of sp³-hybridized carbons (Fsp3) is 0.652. The van der Waals surface area contributed by atoms with E-state index >= 15 is 0 Å². The van der Waals surface area contributed by atoms with Crippen LogP contribution in [0.15, 0.2) is 24.3 Å². The zero-order valence-corrected chi connectivity index (χ0v) is 18.0. The van der Waals surface area contributed by atoms with Crippen molar-refractivity contribution in [3.63, 3.8) is 0 Å². The molecule has 0 aliphatic heterocycles. The van der Waals surface area contributed by atoms with Crippen LogP contribution in [-0.2, 0) is 15.7 Å². The van der Waals surface area contributed by atoms with E-state index in [0.717, 1.165) is 31.4 Å². The number of ether oxygens (including phenoxy) is 1. The summed E-state index contributed by atoms with van der Waals surface area (Å²) < 4.78 is 44.2. The minimum Gasteiger partial charge on any atom is -0.464 e. The Morgan fingerprint density at radius 3 is 2.03 bits per heavy atom. The molecule has 1 aromatic carbocycles. The molecule has 1 N–H and O–H groups in total. The van der Waals surface area contributed by atoms with E-state index in [9.17, 15) is 22.8 Å². The molecule has 7 heteroatoms. The molecule has 0 spiro atoms. The van der Waals surface area contributed by atoms with Crippen molar-refractivity contribution in [2.75, 3.05) is 6.61 Å². The Morgan fingerprint density at radius 1 is 0.933 bits per heavy atom. The first-order valence-electron chi connectivity index (χ1n) is 10.9. The van der Waals surface area contributed by atoms with Crippen LogP contribution >= 0.6 is 0 Å². The van der Waals surface area contributed by atoms with Crippen LogP contribution in [0.3, 0.4) is 0 Å². The Labute approximate surface area is 177 Å². The van der Waals surface area contributed by atoms with E-state index in [-0.39, 0.29) is 6.61 Å². The number of carbonyl (C=O) groups excluding carboxylic acids is 2. The number of carbonyl (C=O) groups is 2. The predicted octanol–water partition coefficient (Wildman–Crippen LogP) is 6.29. The van der Waals surface area contributed by atoms with Gasteiger partial charge in [-0.1, -0.05) is 76.8 Å². The summed E-state index contributed by atoms with van der Waals surface area (Å²) in [5, 5.41) is 2.28. The number of unbranched alkanes of at least 4 members (excludes halogenated alkanes) is 9. The van der Waals surface area contributed by atoms with E-state index in [2.05, 4.69) is 12.2 Å². The van der Waals surface area contributed by atoms with E-state index in [4.69, 9.17) is 4.74 Å². The molecular weight excluding hydrogens is 395 g/mol. The number of benzene rings is 1. The van der Waals surface area contributed by atoms with Crippen LogP contribution in [0.4, 0.5) is 13.2 Å². The lowest BCUT2D eigenvalue weighted by atomic mass is 10.1. The zero-order chi connectivity index (χ0) is 22.4. The molecule has 0 saturated carbocycles.